The highest BCUT2D eigenvalue weighted by atomic mass is 16.5. The van der Waals surface area contributed by atoms with Gasteiger partial charge in [0.05, 0.1) is 0 Å². The first-order chi connectivity index (χ1) is 10.9. The summed E-state index contributed by atoms with van der Waals surface area (Å²) in [6.07, 6.45) is 7.80. The summed E-state index contributed by atoms with van der Waals surface area (Å²) in [7, 11) is 0. The number of benzene rings is 1. The highest BCUT2D eigenvalue weighted by Gasteiger charge is 2.46. The summed E-state index contributed by atoms with van der Waals surface area (Å²) in [6, 6.07) is 4.14. The number of aryl methyl sites for hydroxylation is 1. The maximum atomic E-state index is 10.7. The average molecular weight is 314 g/mol. The Labute approximate surface area is 140 Å². The van der Waals surface area contributed by atoms with Crippen molar-refractivity contribution in [2.24, 2.45) is 5.92 Å². The number of phenols is 1. The van der Waals surface area contributed by atoms with E-state index in [4.69, 9.17) is 4.74 Å². The van der Waals surface area contributed by atoms with Crippen molar-refractivity contribution in [1.29, 1.82) is 0 Å². The summed E-state index contributed by atoms with van der Waals surface area (Å²) < 4.78 is 6.36. The van der Waals surface area contributed by atoms with E-state index in [0.717, 1.165) is 37.0 Å². The van der Waals surface area contributed by atoms with E-state index in [0.29, 0.717) is 17.6 Å². The number of ether oxygens (including phenoxy) is 1. The van der Waals surface area contributed by atoms with E-state index in [1.807, 2.05) is 6.07 Å². The van der Waals surface area contributed by atoms with Crippen LogP contribution in [0.5, 0.6) is 11.5 Å². The second-order valence-electron chi connectivity index (χ2n) is 7.84. The van der Waals surface area contributed by atoms with Crippen LogP contribution in [0.3, 0.4) is 0 Å². The molecule has 1 saturated carbocycles. The van der Waals surface area contributed by atoms with E-state index >= 15 is 0 Å². The molecule has 2 heteroatoms. The summed E-state index contributed by atoms with van der Waals surface area (Å²) in [5, 5.41) is 10.7. The molecule has 126 valence electrons. The van der Waals surface area contributed by atoms with Crippen molar-refractivity contribution in [3.63, 3.8) is 0 Å². The highest BCUT2D eigenvalue weighted by molar-refractivity contribution is 5.52. The number of unbranched alkanes of at least 4 members (excludes halogenated alkanes) is 2. The molecule has 23 heavy (non-hydrogen) atoms. The number of fused-ring (bicyclic) bond motifs is 4. The lowest BCUT2D eigenvalue weighted by Gasteiger charge is -2.48. The van der Waals surface area contributed by atoms with E-state index in [-0.39, 0.29) is 5.60 Å². The molecule has 1 unspecified atom stereocenters. The molecule has 0 aromatic heterocycles. The van der Waals surface area contributed by atoms with E-state index in [1.165, 1.54) is 30.4 Å². The van der Waals surface area contributed by atoms with Gasteiger partial charge in [0.2, 0.25) is 0 Å². The van der Waals surface area contributed by atoms with Gasteiger partial charge in [0.1, 0.15) is 17.1 Å². The van der Waals surface area contributed by atoms with E-state index < -0.39 is 0 Å². The molecule has 1 aromatic carbocycles. The molecule has 1 N–H and O–H groups in total. The maximum Gasteiger partial charge on any atom is 0.127 e. The fraction of sp³-hybridized carbons (Fsp3) is 0.619. The monoisotopic (exact) mass is 314 g/mol. The lowest BCUT2D eigenvalue weighted by Crippen LogP contribution is -2.44. The molecule has 1 aromatic rings. The van der Waals surface area contributed by atoms with Crippen molar-refractivity contribution in [1.82, 2.24) is 0 Å². The number of aromatic hydroxyl groups is 1. The third-order valence-corrected chi connectivity index (χ3v) is 5.73. The van der Waals surface area contributed by atoms with E-state index in [9.17, 15) is 5.11 Å². The third-order valence-electron chi connectivity index (χ3n) is 5.73. The lowest BCUT2D eigenvalue weighted by molar-refractivity contribution is 0.00630. The topological polar surface area (TPSA) is 29.5 Å². The van der Waals surface area contributed by atoms with Crippen LogP contribution in [-0.2, 0) is 6.42 Å². The van der Waals surface area contributed by atoms with Crippen LogP contribution in [0.15, 0.2) is 24.3 Å². The molecule has 2 nitrogen and oxygen atoms in total. The van der Waals surface area contributed by atoms with Gasteiger partial charge >= 0.3 is 0 Å². The molecule has 0 saturated heterocycles. The molecule has 2 bridgehead atoms. The van der Waals surface area contributed by atoms with Crippen molar-refractivity contribution in [3.8, 4) is 11.5 Å². The van der Waals surface area contributed by atoms with Crippen LogP contribution in [0.2, 0.25) is 0 Å². The summed E-state index contributed by atoms with van der Waals surface area (Å²) >= 11 is 0. The zero-order valence-corrected chi connectivity index (χ0v) is 14.8. The van der Waals surface area contributed by atoms with Gasteiger partial charge in [0.15, 0.2) is 0 Å². The predicted molar refractivity (Wildman–Crippen MR) is 95.3 cm³/mol. The normalized spacial score (nSPS) is 28.8. The first kappa shape index (κ1) is 16.4. The molecule has 0 spiro atoms. The Morgan fingerprint density at radius 1 is 1.39 bits per heavy atom. The Hall–Kier alpha value is -1.44. The number of hydrogen-bond donors (Lipinski definition) is 1. The number of hydrogen-bond acceptors (Lipinski definition) is 2. The van der Waals surface area contributed by atoms with Crippen molar-refractivity contribution < 1.29 is 9.84 Å². The van der Waals surface area contributed by atoms with Gasteiger partial charge in [-0.05, 0) is 69.6 Å². The number of phenolic OH excluding ortho intramolecular Hbond substituents is 1. The second-order valence-corrected chi connectivity index (χ2v) is 7.84. The standard InChI is InChI=1S/C21H30O2/c1-5-6-7-8-15-11-18(22)20-17-13-21(4,23-19(20)12-15)10-9-16(17)14(2)3/h11-12,16-17,22H,2,5-10,13H2,1,3-4H3/t16-,17?,21+/m0/s1. The summed E-state index contributed by atoms with van der Waals surface area (Å²) in [6.45, 7) is 10.8. The average Bonchev–Trinajstić information content (AvgIpc) is 2.46. The smallest absolute Gasteiger partial charge is 0.127 e. The van der Waals surface area contributed by atoms with Crippen LogP contribution in [0.25, 0.3) is 0 Å². The lowest BCUT2D eigenvalue weighted by atomic mass is 9.65. The summed E-state index contributed by atoms with van der Waals surface area (Å²) in [5.41, 5.74) is 3.37. The number of rotatable bonds is 5. The molecule has 1 fully saturated rings. The van der Waals surface area contributed by atoms with Crippen molar-refractivity contribution >= 4 is 0 Å². The third kappa shape index (κ3) is 3.13. The molecule has 1 aliphatic carbocycles. The SMILES string of the molecule is C=C(C)[C@@H]1CC[C@]2(C)CC1c1c(O)cc(CCCCC)cc1O2. The molecular formula is C21H30O2. The van der Waals surface area contributed by atoms with Crippen LogP contribution >= 0.6 is 0 Å². The van der Waals surface area contributed by atoms with Crippen molar-refractivity contribution in [2.75, 3.05) is 0 Å². The van der Waals surface area contributed by atoms with Crippen LogP contribution in [-0.4, -0.2) is 10.7 Å². The Morgan fingerprint density at radius 2 is 2.17 bits per heavy atom. The molecule has 2 aliphatic rings. The molecular weight excluding hydrogens is 284 g/mol. The van der Waals surface area contributed by atoms with Crippen LogP contribution in [0.1, 0.15) is 76.3 Å². The van der Waals surface area contributed by atoms with E-state index in [1.54, 1.807) is 0 Å². The largest absolute Gasteiger partial charge is 0.508 e. The van der Waals surface area contributed by atoms with E-state index in [2.05, 4.69) is 33.4 Å². The van der Waals surface area contributed by atoms with Crippen LogP contribution < -0.4 is 4.74 Å². The van der Waals surface area contributed by atoms with Crippen LogP contribution in [0, 0.1) is 5.92 Å². The van der Waals surface area contributed by atoms with Gasteiger partial charge in [0, 0.05) is 11.5 Å². The minimum atomic E-state index is -0.0852. The first-order valence-corrected chi connectivity index (χ1v) is 9.14. The minimum Gasteiger partial charge on any atom is -0.508 e. The van der Waals surface area contributed by atoms with Crippen LogP contribution in [0.4, 0.5) is 0 Å². The van der Waals surface area contributed by atoms with Crippen molar-refractivity contribution in [2.45, 2.75) is 77.2 Å². The van der Waals surface area contributed by atoms with Gasteiger partial charge in [-0.2, -0.15) is 0 Å². The Morgan fingerprint density at radius 3 is 2.87 bits per heavy atom. The second kappa shape index (κ2) is 6.22. The van der Waals surface area contributed by atoms with Gasteiger partial charge in [0.25, 0.3) is 0 Å². The molecule has 3 rings (SSSR count). The molecule has 0 amide bonds. The van der Waals surface area contributed by atoms with Gasteiger partial charge in [-0.1, -0.05) is 31.9 Å². The first-order valence-electron chi connectivity index (χ1n) is 9.14. The minimum absolute atomic E-state index is 0.0852. The van der Waals surface area contributed by atoms with Crippen molar-refractivity contribution in [3.05, 3.63) is 35.4 Å². The Bertz CT molecular complexity index is 604. The number of allylic oxidation sites excluding steroid dienone is 1. The molecule has 0 radical (unpaired) electrons. The molecule has 3 atom stereocenters. The van der Waals surface area contributed by atoms with Gasteiger partial charge in [-0.15, -0.1) is 0 Å². The zero-order chi connectivity index (χ0) is 16.6. The fourth-order valence-electron chi connectivity index (χ4n) is 4.47. The Kier molecular flexibility index (Phi) is 4.44. The maximum absolute atomic E-state index is 10.7. The Balaban J connectivity index is 1.96. The molecule has 1 heterocycles. The summed E-state index contributed by atoms with van der Waals surface area (Å²) in [4.78, 5) is 0. The van der Waals surface area contributed by atoms with Gasteiger partial charge in [-0.3, -0.25) is 0 Å². The summed E-state index contributed by atoms with van der Waals surface area (Å²) in [5.74, 6) is 2.15. The predicted octanol–water partition coefficient (Wildman–Crippen LogP) is 5.74. The highest BCUT2D eigenvalue weighted by Crippen LogP contribution is 2.55. The molecule has 1 aliphatic heterocycles. The fourth-order valence-corrected chi connectivity index (χ4v) is 4.47. The van der Waals surface area contributed by atoms with Gasteiger partial charge < -0.3 is 9.84 Å². The van der Waals surface area contributed by atoms with Gasteiger partial charge in [-0.25, -0.2) is 0 Å². The quantitative estimate of drug-likeness (QED) is 0.555. The zero-order valence-electron chi connectivity index (χ0n) is 14.8.